The van der Waals surface area contributed by atoms with Gasteiger partial charge in [-0.1, -0.05) is 11.6 Å². The molecular weight excluding hydrogens is 338 g/mol. The zero-order chi connectivity index (χ0) is 17.8. The zero-order valence-electron chi connectivity index (χ0n) is 13.8. The fraction of sp³-hybridized carbons (Fsp3) is 0.105. The van der Waals surface area contributed by atoms with Gasteiger partial charge in [-0.3, -0.25) is 4.79 Å². The number of carbonyl (C=O) groups is 1. The molecule has 1 heterocycles. The lowest BCUT2D eigenvalue weighted by molar-refractivity contribution is 0.102. The molecule has 0 bridgehead atoms. The minimum Gasteiger partial charge on any atom is -0.497 e. The van der Waals surface area contributed by atoms with Crippen molar-refractivity contribution in [2.75, 3.05) is 12.4 Å². The minimum atomic E-state index is -0.219. The Morgan fingerprint density at radius 3 is 2.36 bits per heavy atom. The molecule has 0 aliphatic rings. The number of amides is 1. The number of hydrogen-bond donors (Lipinski definition) is 1. The van der Waals surface area contributed by atoms with Crippen molar-refractivity contribution in [3.05, 3.63) is 71.0 Å². The Balaban J connectivity index is 1.75. The van der Waals surface area contributed by atoms with Crippen LogP contribution in [0.4, 0.5) is 5.69 Å². The molecule has 1 amide bonds. The quantitative estimate of drug-likeness (QED) is 0.756. The van der Waals surface area contributed by atoms with E-state index in [-0.39, 0.29) is 5.91 Å². The number of hydrogen-bond acceptors (Lipinski definition) is 4. The van der Waals surface area contributed by atoms with Crippen LogP contribution in [-0.4, -0.2) is 23.0 Å². The number of nitrogens with one attached hydrogen (secondary N) is 1. The first kappa shape index (κ1) is 16.9. The molecule has 0 spiro atoms. The van der Waals surface area contributed by atoms with E-state index in [1.165, 1.54) is 0 Å². The molecule has 3 aromatic rings. The first-order valence-electron chi connectivity index (χ1n) is 7.61. The number of benzene rings is 2. The molecule has 25 heavy (non-hydrogen) atoms. The average Bonchev–Trinajstić information content (AvgIpc) is 2.63. The highest BCUT2D eigenvalue weighted by Gasteiger charge is 2.11. The zero-order valence-corrected chi connectivity index (χ0v) is 14.5. The third-order valence-electron chi connectivity index (χ3n) is 3.69. The molecular formula is C19H16ClN3O2. The minimum absolute atomic E-state index is 0.219. The van der Waals surface area contributed by atoms with Crippen LogP contribution in [0.5, 0.6) is 5.75 Å². The van der Waals surface area contributed by atoms with Crippen molar-refractivity contribution in [3.8, 4) is 17.1 Å². The summed E-state index contributed by atoms with van der Waals surface area (Å²) in [6.45, 7) is 1.86. The van der Waals surface area contributed by atoms with Crippen molar-refractivity contribution < 1.29 is 9.53 Å². The average molecular weight is 354 g/mol. The normalized spacial score (nSPS) is 10.4. The maximum absolute atomic E-state index is 12.4. The van der Waals surface area contributed by atoms with E-state index in [0.717, 1.165) is 11.1 Å². The Labute approximate surface area is 150 Å². The van der Waals surface area contributed by atoms with Gasteiger partial charge < -0.3 is 10.1 Å². The molecule has 5 nitrogen and oxygen atoms in total. The number of nitrogens with zero attached hydrogens (tertiary/aromatic N) is 2. The smallest absolute Gasteiger partial charge is 0.256 e. The Bertz CT molecular complexity index is 894. The Morgan fingerprint density at radius 2 is 1.76 bits per heavy atom. The maximum atomic E-state index is 12.4. The van der Waals surface area contributed by atoms with Crippen molar-refractivity contribution >= 4 is 23.2 Å². The number of methoxy groups -OCH3 is 1. The van der Waals surface area contributed by atoms with E-state index in [1.807, 2.05) is 25.1 Å². The summed E-state index contributed by atoms with van der Waals surface area (Å²) in [5.41, 5.74) is 2.78. The predicted molar refractivity (Wildman–Crippen MR) is 98.2 cm³/mol. The van der Waals surface area contributed by atoms with E-state index in [2.05, 4.69) is 15.3 Å². The van der Waals surface area contributed by atoms with Gasteiger partial charge in [0.05, 0.1) is 25.2 Å². The van der Waals surface area contributed by atoms with E-state index in [9.17, 15) is 4.79 Å². The molecule has 6 heteroatoms. The summed E-state index contributed by atoms with van der Waals surface area (Å²) in [6.07, 6.45) is 3.15. The van der Waals surface area contributed by atoms with Crippen LogP contribution in [0.1, 0.15) is 15.9 Å². The van der Waals surface area contributed by atoms with Crippen LogP contribution in [0.15, 0.2) is 54.9 Å². The fourth-order valence-corrected chi connectivity index (χ4v) is 2.48. The standard InChI is InChI=1S/C19H16ClN3O2/c1-12-9-16(25-2)7-8-17(12)19(24)23-15-10-21-18(22-11-15)13-3-5-14(20)6-4-13/h3-11H,1-2H3,(H,23,24). The number of rotatable bonds is 4. The molecule has 0 radical (unpaired) electrons. The second-order valence-electron chi connectivity index (χ2n) is 5.44. The van der Waals surface area contributed by atoms with Gasteiger partial charge in [0.25, 0.3) is 5.91 Å². The van der Waals surface area contributed by atoms with Crippen LogP contribution >= 0.6 is 11.6 Å². The molecule has 0 fully saturated rings. The molecule has 0 unspecified atom stereocenters. The van der Waals surface area contributed by atoms with Gasteiger partial charge in [0, 0.05) is 16.1 Å². The van der Waals surface area contributed by atoms with Gasteiger partial charge in [0.1, 0.15) is 5.75 Å². The molecule has 0 aliphatic heterocycles. The maximum Gasteiger partial charge on any atom is 0.256 e. The molecule has 1 N–H and O–H groups in total. The highest BCUT2D eigenvalue weighted by molar-refractivity contribution is 6.30. The van der Waals surface area contributed by atoms with E-state index in [1.54, 1.807) is 43.8 Å². The number of aromatic nitrogens is 2. The number of carbonyl (C=O) groups excluding carboxylic acids is 1. The number of anilines is 1. The highest BCUT2D eigenvalue weighted by Crippen LogP contribution is 2.20. The van der Waals surface area contributed by atoms with Gasteiger partial charge in [-0.15, -0.1) is 0 Å². The summed E-state index contributed by atoms with van der Waals surface area (Å²) in [4.78, 5) is 21.0. The molecule has 1 aromatic heterocycles. The third kappa shape index (κ3) is 3.95. The Morgan fingerprint density at radius 1 is 1.08 bits per heavy atom. The number of ether oxygens (including phenoxy) is 1. The van der Waals surface area contributed by atoms with Crippen LogP contribution in [0.3, 0.4) is 0 Å². The summed E-state index contributed by atoms with van der Waals surface area (Å²) in [5, 5.41) is 3.45. The highest BCUT2D eigenvalue weighted by atomic mass is 35.5. The van der Waals surface area contributed by atoms with Gasteiger partial charge in [-0.2, -0.15) is 0 Å². The summed E-state index contributed by atoms with van der Waals surface area (Å²) < 4.78 is 5.15. The van der Waals surface area contributed by atoms with Gasteiger partial charge in [0.15, 0.2) is 5.82 Å². The third-order valence-corrected chi connectivity index (χ3v) is 3.94. The number of halogens is 1. The summed E-state index contributed by atoms with van der Waals surface area (Å²) in [5.74, 6) is 1.06. The summed E-state index contributed by atoms with van der Waals surface area (Å²) in [6, 6.07) is 12.5. The van der Waals surface area contributed by atoms with E-state index < -0.39 is 0 Å². The van der Waals surface area contributed by atoms with Gasteiger partial charge in [0.2, 0.25) is 0 Å². The first-order chi connectivity index (χ1) is 12.1. The lowest BCUT2D eigenvalue weighted by Crippen LogP contribution is -2.13. The van der Waals surface area contributed by atoms with Crippen molar-refractivity contribution in [2.24, 2.45) is 0 Å². The van der Waals surface area contributed by atoms with Crippen molar-refractivity contribution in [1.29, 1.82) is 0 Å². The predicted octanol–water partition coefficient (Wildman–Crippen LogP) is 4.37. The largest absolute Gasteiger partial charge is 0.497 e. The monoisotopic (exact) mass is 353 g/mol. The van der Waals surface area contributed by atoms with Gasteiger partial charge in [-0.05, 0) is 55.0 Å². The van der Waals surface area contributed by atoms with E-state index >= 15 is 0 Å². The lowest BCUT2D eigenvalue weighted by atomic mass is 10.1. The van der Waals surface area contributed by atoms with E-state index in [0.29, 0.717) is 27.8 Å². The van der Waals surface area contributed by atoms with Crippen LogP contribution in [-0.2, 0) is 0 Å². The van der Waals surface area contributed by atoms with Gasteiger partial charge >= 0.3 is 0 Å². The van der Waals surface area contributed by atoms with E-state index in [4.69, 9.17) is 16.3 Å². The molecule has 126 valence electrons. The molecule has 0 saturated carbocycles. The SMILES string of the molecule is COc1ccc(C(=O)Nc2cnc(-c3ccc(Cl)cc3)nc2)c(C)c1. The molecule has 0 aliphatic carbocycles. The molecule has 0 saturated heterocycles. The van der Waals surface area contributed by atoms with Crippen molar-refractivity contribution in [1.82, 2.24) is 9.97 Å². The van der Waals surface area contributed by atoms with Gasteiger partial charge in [-0.25, -0.2) is 9.97 Å². The van der Waals surface area contributed by atoms with Crippen LogP contribution in [0, 0.1) is 6.92 Å². The Kier molecular flexibility index (Phi) is 4.95. The first-order valence-corrected chi connectivity index (χ1v) is 7.98. The lowest BCUT2D eigenvalue weighted by Gasteiger charge is -2.09. The topological polar surface area (TPSA) is 64.1 Å². The van der Waals surface area contributed by atoms with Crippen molar-refractivity contribution in [2.45, 2.75) is 6.92 Å². The van der Waals surface area contributed by atoms with Crippen molar-refractivity contribution in [3.63, 3.8) is 0 Å². The molecule has 2 aromatic carbocycles. The fourth-order valence-electron chi connectivity index (χ4n) is 2.36. The summed E-state index contributed by atoms with van der Waals surface area (Å²) >= 11 is 5.88. The molecule has 0 atom stereocenters. The Hall–Kier alpha value is -2.92. The van der Waals surface area contributed by atoms with Crippen LogP contribution in [0.25, 0.3) is 11.4 Å². The number of aryl methyl sites for hydroxylation is 1. The molecule has 3 rings (SSSR count). The second kappa shape index (κ2) is 7.32. The van der Waals surface area contributed by atoms with Crippen LogP contribution < -0.4 is 10.1 Å². The second-order valence-corrected chi connectivity index (χ2v) is 5.87. The summed E-state index contributed by atoms with van der Waals surface area (Å²) in [7, 11) is 1.59. The van der Waals surface area contributed by atoms with Crippen LogP contribution in [0.2, 0.25) is 5.02 Å².